The van der Waals surface area contributed by atoms with Crippen LogP contribution in [0.5, 0.6) is 0 Å². The summed E-state index contributed by atoms with van der Waals surface area (Å²) in [6.45, 7) is -0.809. The maximum Gasteiger partial charge on any atom is 0.418 e. The summed E-state index contributed by atoms with van der Waals surface area (Å²) in [7, 11) is -4.07. The fourth-order valence-electron chi connectivity index (χ4n) is 2.59. The van der Waals surface area contributed by atoms with Gasteiger partial charge in [-0.25, -0.2) is 13.1 Å². The maximum absolute atomic E-state index is 13.2. The Labute approximate surface area is 179 Å². The van der Waals surface area contributed by atoms with Crippen LogP contribution in [0.3, 0.4) is 0 Å². The topological polar surface area (TPSA) is 98.1 Å². The normalized spacial score (nSPS) is 11.9. The lowest BCUT2D eigenvalue weighted by Gasteiger charge is -2.14. The summed E-state index contributed by atoms with van der Waals surface area (Å²) in [6, 6.07) is 11.9. The molecule has 0 spiro atoms. The van der Waals surface area contributed by atoms with Gasteiger partial charge in [-0.15, -0.1) is 0 Å². The number of hydrogen-bond acceptors (Lipinski definition) is 5. The fourth-order valence-corrected chi connectivity index (χ4v) is 3.98. The van der Waals surface area contributed by atoms with Crippen LogP contribution in [-0.4, -0.2) is 24.1 Å². The highest BCUT2D eigenvalue weighted by Gasteiger charge is 2.34. The summed E-state index contributed by atoms with van der Waals surface area (Å²) >= 11 is 5.60. The number of nitrogens with zero attached hydrogens (tertiary/aromatic N) is 2. The Morgan fingerprint density at radius 1 is 1.06 bits per heavy atom. The first kappa shape index (κ1) is 22.5. The van der Waals surface area contributed by atoms with E-state index in [1.807, 2.05) is 5.32 Å². The molecule has 31 heavy (non-hydrogen) atoms. The quantitative estimate of drug-likeness (QED) is 0.615. The summed E-state index contributed by atoms with van der Waals surface area (Å²) < 4.78 is 65.4. The minimum absolute atomic E-state index is 0.0758. The SMILES string of the molecule is O=C(Cn1nc(S(=O)(=O)c2ccccc2)ccc1=O)Nc1ccc(Cl)cc1C(F)(F)F. The van der Waals surface area contributed by atoms with Gasteiger partial charge in [-0.1, -0.05) is 29.8 Å². The van der Waals surface area contributed by atoms with Gasteiger partial charge >= 0.3 is 6.18 Å². The molecular formula is C19H13ClF3N3O4S. The lowest BCUT2D eigenvalue weighted by atomic mass is 10.1. The molecule has 7 nitrogen and oxygen atoms in total. The van der Waals surface area contributed by atoms with Crippen LogP contribution in [0.15, 0.2) is 75.4 Å². The number of nitrogens with one attached hydrogen (secondary N) is 1. The van der Waals surface area contributed by atoms with Gasteiger partial charge in [-0.05, 0) is 36.4 Å². The van der Waals surface area contributed by atoms with Gasteiger partial charge in [-0.3, -0.25) is 9.59 Å². The Balaban J connectivity index is 1.88. The second-order valence-electron chi connectivity index (χ2n) is 6.22. The first-order valence-corrected chi connectivity index (χ1v) is 10.4. The number of halogens is 4. The minimum Gasteiger partial charge on any atom is -0.324 e. The Morgan fingerprint density at radius 3 is 2.39 bits per heavy atom. The summed E-state index contributed by atoms with van der Waals surface area (Å²) in [5.74, 6) is -1.02. The molecule has 12 heteroatoms. The number of benzene rings is 2. The number of hydrogen-bond donors (Lipinski definition) is 1. The number of carbonyl (C=O) groups is 1. The van der Waals surface area contributed by atoms with E-state index < -0.39 is 50.3 Å². The highest BCUT2D eigenvalue weighted by molar-refractivity contribution is 7.91. The van der Waals surface area contributed by atoms with E-state index >= 15 is 0 Å². The molecular weight excluding hydrogens is 459 g/mol. The van der Waals surface area contributed by atoms with Gasteiger partial charge < -0.3 is 5.32 Å². The van der Waals surface area contributed by atoms with Crippen LogP contribution < -0.4 is 10.9 Å². The molecule has 0 saturated heterocycles. The number of aromatic nitrogens is 2. The van der Waals surface area contributed by atoms with Crippen molar-refractivity contribution in [1.82, 2.24) is 9.78 Å². The predicted molar refractivity (Wildman–Crippen MR) is 105 cm³/mol. The smallest absolute Gasteiger partial charge is 0.324 e. The molecule has 0 radical (unpaired) electrons. The zero-order valence-electron chi connectivity index (χ0n) is 15.4. The highest BCUT2D eigenvalue weighted by atomic mass is 35.5. The van der Waals surface area contributed by atoms with E-state index in [0.717, 1.165) is 24.3 Å². The number of anilines is 1. The van der Waals surface area contributed by atoms with Crippen molar-refractivity contribution in [3.63, 3.8) is 0 Å². The summed E-state index contributed by atoms with van der Waals surface area (Å²) in [6.07, 6.45) is -4.79. The van der Waals surface area contributed by atoms with Crippen molar-refractivity contribution in [3.8, 4) is 0 Å². The first-order chi connectivity index (χ1) is 14.5. The molecule has 162 valence electrons. The third kappa shape index (κ3) is 5.12. The lowest BCUT2D eigenvalue weighted by Crippen LogP contribution is -2.30. The van der Waals surface area contributed by atoms with E-state index in [9.17, 15) is 31.2 Å². The van der Waals surface area contributed by atoms with E-state index in [1.165, 1.54) is 24.3 Å². The minimum atomic E-state index is -4.79. The van der Waals surface area contributed by atoms with Crippen molar-refractivity contribution >= 4 is 33.0 Å². The second kappa shape index (κ2) is 8.52. The molecule has 0 saturated carbocycles. The summed E-state index contributed by atoms with van der Waals surface area (Å²) in [4.78, 5) is 24.2. The fraction of sp³-hybridized carbons (Fsp3) is 0.105. The van der Waals surface area contributed by atoms with Crippen molar-refractivity contribution in [2.45, 2.75) is 22.6 Å². The molecule has 1 heterocycles. The average Bonchev–Trinajstić information content (AvgIpc) is 2.70. The van der Waals surface area contributed by atoms with Gasteiger partial charge in [0, 0.05) is 11.1 Å². The van der Waals surface area contributed by atoms with Crippen LogP contribution in [0.4, 0.5) is 18.9 Å². The van der Waals surface area contributed by atoms with Crippen molar-refractivity contribution in [2.24, 2.45) is 0 Å². The van der Waals surface area contributed by atoms with Gasteiger partial charge in [0.2, 0.25) is 15.7 Å². The van der Waals surface area contributed by atoms with Crippen molar-refractivity contribution < 1.29 is 26.4 Å². The maximum atomic E-state index is 13.2. The lowest BCUT2D eigenvalue weighted by molar-refractivity contribution is -0.137. The molecule has 1 amide bonds. The van der Waals surface area contributed by atoms with Crippen molar-refractivity contribution in [3.05, 3.63) is 81.6 Å². The molecule has 0 fully saturated rings. The van der Waals surface area contributed by atoms with Crippen LogP contribution in [0.2, 0.25) is 5.02 Å². The molecule has 3 rings (SSSR count). The standard InChI is InChI=1S/C19H13ClF3N3O4S/c20-12-6-7-15(14(10-12)19(21,22)23)24-16(27)11-26-18(28)9-8-17(25-26)31(29,30)13-4-2-1-3-5-13/h1-10H,11H2,(H,24,27). The van der Waals surface area contributed by atoms with Gasteiger partial charge in [0.05, 0.1) is 16.1 Å². The predicted octanol–water partition coefficient (Wildman–Crippen LogP) is 3.39. The molecule has 0 atom stereocenters. The largest absolute Gasteiger partial charge is 0.418 e. The van der Waals surface area contributed by atoms with Crippen molar-refractivity contribution in [2.75, 3.05) is 5.32 Å². The van der Waals surface area contributed by atoms with Gasteiger partial charge in [0.25, 0.3) is 5.56 Å². The van der Waals surface area contributed by atoms with Crippen LogP contribution >= 0.6 is 11.6 Å². The third-order valence-electron chi connectivity index (χ3n) is 4.03. The van der Waals surface area contributed by atoms with Gasteiger partial charge in [0.15, 0.2) is 5.03 Å². The molecule has 0 aliphatic rings. The zero-order valence-corrected chi connectivity index (χ0v) is 17.0. The van der Waals surface area contributed by atoms with Gasteiger partial charge in [-0.2, -0.15) is 18.3 Å². The Hall–Kier alpha value is -3.18. The van der Waals surface area contributed by atoms with E-state index in [0.29, 0.717) is 10.7 Å². The molecule has 0 bridgehead atoms. The molecule has 1 aromatic heterocycles. The summed E-state index contributed by atoms with van der Waals surface area (Å²) in [5, 5.41) is 5.07. The van der Waals surface area contributed by atoms with Gasteiger partial charge in [0.1, 0.15) is 6.54 Å². The van der Waals surface area contributed by atoms with E-state index in [-0.39, 0.29) is 9.92 Å². The number of sulfone groups is 1. The van der Waals surface area contributed by atoms with Crippen LogP contribution in [0.1, 0.15) is 5.56 Å². The highest BCUT2D eigenvalue weighted by Crippen LogP contribution is 2.36. The number of amides is 1. The molecule has 0 aliphatic carbocycles. The van der Waals surface area contributed by atoms with E-state index in [4.69, 9.17) is 11.6 Å². The molecule has 1 N–H and O–H groups in total. The number of carbonyl (C=O) groups excluding carboxylic acids is 1. The van der Waals surface area contributed by atoms with Crippen LogP contribution in [0.25, 0.3) is 0 Å². The molecule has 0 aliphatic heterocycles. The molecule has 0 unspecified atom stereocenters. The van der Waals surface area contributed by atoms with E-state index in [1.54, 1.807) is 6.07 Å². The third-order valence-corrected chi connectivity index (χ3v) is 5.92. The average molecular weight is 472 g/mol. The Kier molecular flexibility index (Phi) is 6.18. The second-order valence-corrected chi connectivity index (χ2v) is 8.55. The summed E-state index contributed by atoms with van der Waals surface area (Å²) in [5.41, 5.74) is -2.55. The van der Waals surface area contributed by atoms with Crippen LogP contribution in [-0.2, 0) is 27.4 Å². The Morgan fingerprint density at radius 2 is 1.74 bits per heavy atom. The van der Waals surface area contributed by atoms with E-state index in [2.05, 4.69) is 5.10 Å². The first-order valence-electron chi connectivity index (χ1n) is 8.53. The number of alkyl halides is 3. The molecule has 2 aromatic carbocycles. The number of rotatable bonds is 5. The monoisotopic (exact) mass is 471 g/mol. The zero-order chi connectivity index (χ0) is 22.8. The Bertz CT molecular complexity index is 1290. The molecule has 3 aromatic rings. The van der Waals surface area contributed by atoms with Crippen LogP contribution in [0, 0.1) is 0 Å². The van der Waals surface area contributed by atoms with Crippen molar-refractivity contribution in [1.29, 1.82) is 0 Å².